The number of ketones is 1. The quantitative estimate of drug-likeness (QED) is 0.309. The van der Waals surface area contributed by atoms with E-state index in [1.807, 2.05) is 4.90 Å². The molecule has 2 aromatic carbocycles. The number of likely N-dealkylation sites (tertiary alicyclic amines) is 1. The Morgan fingerprint density at radius 2 is 1.71 bits per heavy atom. The zero-order valence-electron chi connectivity index (χ0n) is 22.8. The third-order valence-electron chi connectivity index (χ3n) is 9.34. The van der Waals surface area contributed by atoms with Crippen LogP contribution < -0.4 is 10.5 Å². The molecule has 0 bridgehead atoms. The Labute approximate surface area is 236 Å². The van der Waals surface area contributed by atoms with E-state index >= 15 is 4.39 Å². The van der Waals surface area contributed by atoms with Crippen molar-refractivity contribution < 1.29 is 37.0 Å². The van der Waals surface area contributed by atoms with Crippen LogP contribution in [-0.2, 0) is 4.79 Å². The van der Waals surface area contributed by atoms with E-state index in [-0.39, 0.29) is 30.9 Å². The van der Waals surface area contributed by atoms with Crippen molar-refractivity contribution in [3.05, 3.63) is 53.8 Å². The van der Waals surface area contributed by atoms with Gasteiger partial charge in [0, 0.05) is 23.6 Å². The summed E-state index contributed by atoms with van der Waals surface area (Å²) in [5.41, 5.74) is 4.88. The van der Waals surface area contributed by atoms with E-state index in [0.29, 0.717) is 55.8 Å². The summed E-state index contributed by atoms with van der Waals surface area (Å²) in [5.74, 6) is -2.60. The molecule has 1 heterocycles. The number of benzene rings is 2. The predicted octanol–water partition coefficient (Wildman–Crippen LogP) is 5.37. The molecule has 1 aliphatic heterocycles. The summed E-state index contributed by atoms with van der Waals surface area (Å²) in [5, 5.41) is 10.0. The molecule has 10 heteroatoms. The van der Waals surface area contributed by atoms with Crippen molar-refractivity contribution in [2.24, 2.45) is 28.9 Å². The van der Waals surface area contributed by atoms with Crippen LogP contribution in [0.15, 0.2) is 42.5 Å². The van der Waals surface area contributed by atoms with Crippen molar-refractivity contribution in [2.75, 3.05) is 26.2 Å². The van der Waals surface area contributed by atoms with Crippen molar-refractivity contribution in [3.63, 3.8) is 0 Å². The Kier molecular flexibility index (Phi) is 8.43. The van der Waals surface area contributed by atoms with Crippen LogP contribution in [0.3, 0.4) is 0 Å². The minimum atomic E-state index is -4.14. The van der Waals surface area contributed by atoms with Crippen molar-refractivity contribution in [1.29, 1.82) is 0 Å². The number of aliphatic hydroxyl groups is 1. The maximum Gasteiger partial charge on any atom is 0.395 e. The highest BCUT2D eigenvalue weighted by Gasteiger charge is 2.58. The third-order valence-corrected chi connectivity index (χ3v) is 9.34. The molecule has 3 aliphatic rings. The molecule has 0 radical (unpaired) electrons. The number of aliphatic hydroxyl groups excluding tert-OH is 1. The number of carbonyl (C=O) groups is 2. The van der Waals surface area contributed by atoms with Crippen LogP contribution in [0.25, 0.3) is 11.1 Å². The number of rotatable bonds is 9. The van der Waals surface area contributed by atoms with Crippen LogP contribution >= 0.6 is 0 Å². The van der Waals surface area contributed by atoms with Gasteiger partial charge in [-0.25, -0.2) is 4.39 Å². The Bertz CT molecular complexity index is 1250. The van der Waals surface area contributed by atoms with Crippen LogP contribution in [0.5, 0.6) is 5.75 Å². The molecule has 2 saturated carbocycles. The molecule has 1 amide bonds. The van der Waals surface area contributed by atoms with Gasteiger partial charge in [-0.3, -0.25) is 9.59 Å². The lowest BCUT2D eigenvalue weighted by atomic mass is 9.67. The number of hydrogen-bond acceptors (Lipinski definition) is 5. The van der Waals surface area contributed by atoms with Crippen molar-refractivity contribution in [1.82, 2.24) is 4.90 Å². The Balaban J connectivity index is 1.13. The summed E-state index contributed by atoms with van der Waals surface area (Å²) in [6.45, 7) is 1.82. The Hall–Kier alpha value is -2.98. The molecule has 5 rings (SSSR count). The number of Topliss-reactive ketones (excluding diaryl/α,β-unsaturated/α-hetero) is 1. The first-order chi connectivity index (χ1) is 19.5. The lowest BCUT2D eigenvalue weighted by Crippen LogP contribution is -2.53. The van der Waals surface area contributed by atoms with Gasteiger partial charge in [0.25, 0.3) is 0 Å². The Morgan fingerprint density at radius 1 is 1.02 bits per heavy atom. The lowest BCUT2D eigenvalue weighted by Gasteiger charge is -2.47. The van der Waals surface area contributed by atoms with Gasteiger partial charge in [0.05, 0.1) is 24.0 Å². The minimum absolute atomic E-state index is 0.0921. The molecular formula is C31H36F4N2O4. The largest absolute Gasteiger partial charge is 0.493 e. The summed E-state index contributed by atoms with van der Waals surface area (Å²) in [6.07, 6.45) is -1.85. The van der Waals surface area contributed by atoms with Gasteiger partial charge in [-0.15, -0.1) is 0 Å². The molecule has 1 unspecified atom stereocenters. The van der Waals surface area contributed by atoms with Gasteiger partial charge in [0.15, 0.2) is 5.78 Å². The average molecular weight is 577 g/mol. The number of alkyl halides is 3. The minimum Gasteiger partial charge on any atom is -0.493 e. The second kappa shape index (κ2) is 11.7. The topological polar surface area (TPSA) is 92.9 Å². The first kappa shape index (κ1) is 29.5. The van der Waals surface area contributed by atoms with Gasteiger partial charge in [-0.2, -0.15) is 13.2 Å². The van der Waals surface area contributed by atoms with Crippen LogP contribution in [0.1, 0.15) is 55.3 Å². The fraction of sp³-hybridized carbons (Fsp3) is 0.548. The number of nitrogens with two attached hydrogens (primary N) is 1. The van der Waals surface area contributed by atoms with E-state index < -0.39 is 47.0 Å². The SMILES string of the molecule is NC(=O)[C@H]1C(C(=O)c2ccc(-c3ccc(OCC4CCN(CC5(C(F)(F)F)CCC5)CC4)cc3)c(F)c2)CC[C@@H]1O. The first-order valence-electron chi connectivity index (χ1n) is 14.3. The summed E-state index contributed by atoms with van der Waals surface area (Å²) in [4.78, 5) is 26.6. The second-order valence-electron chi connectivity index (χ2n) is 11.9. The van der Waals surface area contributed by atoms with Gasteiger partial charge < -0.3 is 20.5 Å². The van der Waals surface area contributed by atoms with Crippen LogP contribution in [0.4, 0.5) is 17.6 Å². The zero-order chi connectivity index (χ0) is 29.4. The summed E-state index contributed by atoms with van der Waals surface area (Å²) >= 11 is 0. The highest BCUT2D eigenvalue weighted by atomic mass is 19.4. The number of piperidine rings is 1. The van der Waals surface area contributed by atoms with Crippen molar-refractivity contribution >= 4 is 11.7 Å². The van der Waals surface area contributed by atoms with E-state index in [4.69, 9.17) is 10.5 Å². The van der Waals surface area contributed by atoms with Crippen LogP contribution in [0.2, 0.25) is 0 Å². The first-order valence-corrected chi connectivity index (χ1v) is 14.3. The standard InChI is InChI=1S/C31H36F4N2O4/c32-25-16-21(28(39)24-8-9-26(38)27(24)29(36)40)4-7-23(25)20-2-5-22(6-3-20)41-17-19-10-14-37(15-11-19)18-30(12-1-13-30)31(33,34)35/h2-7,16,19,24,26-27,38H,1,8-15,17-18H2,(H2,36,40)/t24?,26-,27-/m0/s1. The van der Waals surface area contributed by atoms with Crippen molar-refractivity contribution in [3.8, 4) is 16.9 Å². The smallest absolute Gasteiger partial charge is 0.395 e. The molecule has 2 aliphatic carbocycles. The van der Waals surface area contributed by atoms with Gasteiger partial charge >= 0.3 is 6.18 Å². The predicted molar refractivity (Wildman–Crippen MR) is 145 cm³/mol. The number of halogens is 4. The van der Waals surface area contributed by atoms with E-state index in [1.54, 1.807) is 24.3 Å². The molecule has 2 aromatic rings. The zero-order valence-corrected chi connectivity index (χ0v) is 22.8. The fourth-order valence-electron chi connectivity index (χ4n) is 6.60. The molecule has 3 atom stereocenters. The number of nitrogens with zero attached hydrogens (tertiary/aromatic N) is 1. The number of hydrogen-bond donors (Lipinski definition) is 2. The van der Waals surface area contributed by atoms with Crippen molar-refractivity contribution in [2.45, 2.75) is 57.2 Å². The van der Waals surface area contributed by atoms with Gasteiger partial charge in [-0.05, 0) is 81.3 Å². The molecular weight excluding hydrogens is 540 g/mol. The van der Waals surface area contributed by atoms with E-state index in [9.17, 15) is 27.9 Å². The molecule has 0 aromatic heterocycles. The molecule has 3 fully saturated rings. The highest BCUT2D eigenvalue weighted by molar-refractivity contribution is 6.01. The molecule has 222 valence electrons. The maximum atomic E-state index is 15.0. The van der Waals surface area contributed by atoms with Gasteiger partial charge in [0.1, 0.15) is 11.6 Å². The summed E-state index contributed by atoms with van der Waals surface area (Å²) in [7, 11) is 0. The maximum absolute atomic E-state index is 15.0. The number of amides is 1. The number of primary amides is 1. The normalized spacial score (nSPS) is 25.0. The average Bonchev–Trinajstić information content (AvgIpc) is 3.31. The highest BCUT2D eigenvalue weighted by Crippen LogP contribution is 2.53. The summed E-state index contributed by atoms with van der Waals surface area (Å²) < 4.78 is 61.5. The second-order valence-corrected chi connectivity index (χ2v) is 11.9. The third kappa shape index (κ3) is 6.14. The molecule has 1 saturated heterocycles. The number of ether oxygens (including phenoxy) is 1. The lowest BCUT2D eigenvalue weighted by molar-refractivity contribution is -0.256. The number of carbonyl (C=O) groups excluding carboxylic acids is 2. The van der Waals surface area contributed by atoms with E-state index in [2.05, 4.69) is 0 Å². The summed E-state index contributed by atoms with van der Waals surface area (Å²) in [6, 6.07) is 11.1. The molecule has 0 spiro atoms. The van der Waals surface area contributed by atoms with Crippen LogP contribution in [-0.4, -0.2) is 60.2 Å². The van der Waals surface area contributed by atoms with Crippen LogP contribution in [0, 0.1) is 29.0 Å². The van der Waals surface area contributed by atoms with Gasteiger partial charge in [0.2, 0.25) is 5.91 Å². The fourth-order valence-corrected chi connectivity index (χ4v) is 6.60. The van der Waals surface area contributed by atoms with E-state index in [1.165, 1.54) is 12.1 Å². The molecule has 41 heavy (non-hydrogen) atoms. The van der Waals surface area contributed by atoms with E-state index in [0.717, 1.165) is 18.9 Å². The Morgan fingerprint density at radius 3 is 2.27 bits per heavy atom. The monoisotopic (exact) mass is 576 g/mol. The molecule has 6 nitrogen and oxygen atoms in total. The molecule has 3 N–H and O–H groups in total. The van der Waals surface area contributed by atoms with Gasteiger partial charge in [-0.1, -0.05) is 30.7 Å².